The molecule has 0 aliphatic heterocycles. The van der Waals surface area contributed by atoms with Crippen LogP contribution in [0.3, 0.4) is 0 Å². The van der Waals surface area contributed by atoms with Gasteiger partial charge in [-0.15, -0.1) is 0 Å². The Morgan fingerprint density at radius 3 is 1.02 bits per heavy atom. The van der Waals surface area contributed by atoms with Gasteiger partial charge in [0.2, 0.25) is 0 Å². The molecule has 0 saturated carbocycles. The van der Waals surface area contributed by atoms with Crippen molar-refractivity contribution >= 4 is 90.7 Å². The zero-order valence-corrected chi connectivity index (χ0v) is 39.0. The maximum atomic E-state index is 11.8. The first-order chi connectivity index (χ1) is 24.9. The molecule has 0 aliphatic carbocycles. The second-order valence-corrected chi connectivity index (χ2v) is 17.0. The molecule has 0 saturated heterocycles. The van der Waals surface area contributed by atoms with Crippen molar-refractivity contribution in [1.82, 2.24) is 0 Å². The summed E-state index contributed by atoms with van der Waals surface area (Å²) in [6.45, 7) is 8.70. The topological polar surface area (TPSA) is 114 Å². The van der Waals surface area contributed by atoms with Crippen LogP contribution in [0.4, 0.5) is 0 Å². The quantitative estimate of drug-likeness (QED) is 0.0441. The Kier molecular flexibility index (Phi) is 22.7. The van der Waals surface area contributed by atoms with Crippen LogP contribution >= 0.6 is 0 Å². The summed E-state index contributed by atoms with van der Waals surface area (Å²) in [4.78, 5) is -0.0748. The Morgan fingerprint density at radius 2 is 0.717 bits per heavy atom. The van der Waals surface area contributed by atoms with Crippen molar-refractivity contribution in [2.45, 2.75) is 166 Å². The van der Waals surface area contributed by atoms with Gasteiger partial charge < -0.3 is 9.11 Å². The van der Waals surface area contributed by atoms with Gasteiger partial charge in [-0.25, -0.2) is 16.8 Å². The third-order valence-electron chi connectivity index (χ3n) is 10.0. The summed E-state index contributed by atoms with van der Waals surface area (Å²) in [7, 11) is -8.91. The molecule has 9 heteroatoms. The summed E-state index contributed by atoms with van der Waals surface area (Å²) in [5, 5.41) is 3.90. The van der Waals surface area contributed by atoms with Crippen LogP contribution in [0, 0.1) is 0 Å². The van der Waals surface area contributed by atoms with Crippen molar-refractivity contribution in [2.24, 2.45) is 0 Å². The largest absolute Gasteiger partial charge is 2.00 e. The first-order valence-corrected chi connectivity index (χ1v) is 22.8. The minimum absolute atomic E-state index is 0. The van der Waals surface area contributed by atoms with Crippen LogP contribution in [-0.2, 0) is 45.9 Å². The molecule has 0 bridgehead atoms. The summed E-state index contributed by atoms with van der Waals surface area (Å²) < 4.78 is 70.6. The average Bonchev–Trinajstić information content (AvgIpc) is 3.11. The molecule has 53 heavy (non-hydrogen) atoms. The van der Waals surface area contributed by atoms with E-state index in [0.29, 0.717) is 24.0 Å². The van der Waals surface area contributed by atoms with Crippen LogP contribution in [0.25, 0.3) is 21.5 Å². The van der Waals surface area contributed by atoms with Gasteiger partial charge in [0.15, 0.2) is 0 Å². The van der Waals surface area contributed by atoms with Crippen molar-refractivity contribution in [3.63, 3.8) is 0 Å². The molecule has 0 aliphatic rings. The summed E-state index contributed by atoms with van der Waals surface area (Å²) in [5.74, 6) is 0. The van der Waals surface area contributed by atoms with E-state index in [-0.39, 0.29) is 58.7 Å². The van der Waals surface area contributed by atoms with Crippen LogP contribution in [0.5, 0.6) is 0 Å². The normalized spacial score (nSPS) is 11.7. The third-order valence-corrected chi connectivity index (χ3v) is 11.9. The van der Waals surface area contributed by atoms with Gasteiger partial charge in [-0.1, -0.05) is 153 Å². The van der Waals surface area contributed by atoms with Crippen molar-refractivity contribution < 1.29 is 25.9 Å². The second-order valence-electron chi connectivity index (χ2n) is 14.3. The molecule has 4 aromatic carbocycles. The molecule has 288 valence electrons. The number of hydrogen-bond acceptors (Lipinski definition) is 6. The van der Waals surface area contributed by atoms with Crippen LogP contribution in [-0.4, -0.2) is 74.8 Å². The van der Waals surface area contributed by atoms with E-state index < -0.39 is 20.2 Å². The Morgan fingerprint density at radius 1 is 0.415 bits per heavy atom. The molecule has 0 radical (unpaired) electrons. The van der Waals surface area contributed by atoms with E-state index in [0.717, 1.165) is 98.6 Å². The van der Waals surface area contributed by atoms with Crippen LogP contribution in [0.15, 0.2) is 70.5 Å². The van der Waals surface area contributed by atoms with Gasteiger partial charge in [0.1, 0.15) is 20.2 Å². The summed E-state index contributed by atoms with van der Waals surface area (Å²) >= 11 is 0. The van der Waals surface area contributed by atoms with Crippen molar-refractivity contribution in [3.8, 4) is 0 Å². The van der Waals surface area contributed by atoms with E-state index >= 15 is 0 Å². The Balaban J connectivity index is 0.000000360. The smallest absolute Gasteiger partial charge is 0.744 e. The van der Waals surface area contributed by atoms with E-state index in [2.05, 4.69) is 64.1 Å². The van der Waals surface area contributed by atoms with Crippen molar-refractivity contribution in [1.29, 1.82) is 0 Å². The number of unbranched alkanes of at least 4 members (excludes halogenated alkanes) is 12. The van der Waals surface area contributed by atoms with Crippen LogP contribution in [0.2, 0.25) is 0 Å². The van der Waals surface area contributed by atoms with Gasteiger partial charge in [0, 0.05) is 0 Å². The minimum Gasteiger partial charge on any atom is -0.744 e. The third kappa shape index (κ3) is 16.1. The van der Waals surface area contributed by atoms with Gasteiger partial charge in [-0.3, -0.25) is 0 Å². The molecule has 0 amide bonds. The zero-order chi connectivity index (χ0) is 38.0. The summed E-state index contributed by atoms with van der Waals surface area (Å²) in [6, 6.07) is 19.1. The standard InChI is InChI=1S/2C22H32O3S.Ba/c2*1-3-5-7-9-11-18-13-14-19-15-16-22(26(23,24)25)20(21(19)17-18)12-10-8-6-4-2;/h2*13-17H,3-12H2,1-2H3,(H,23,24,25);/q;;+2/p-2. The van der Waals surface area contributed by atoms with E-state index in [9.17, 15) is 25.9 Å². The number of benzene rings is 4. The predicted octanol–water partition coefficient (Wildman–Crippen LogP) is 11.6. The van der Waals surface area contributed by atoms with Crippen LogP contribution < -0.4 is 0 Å². The summed E-state index contributed by atoms with van der Waals surface area (Å²) in [6.07, 6.45) is 21.4. The summed E-state index contributed by atoms with van der Waals surface area (Å²) in [5.41, 5.74) is 3.88. The zero-order valence-electron chi connectivity index (χ0n) is 32.9. The van der Waals surface area contributed by atoms with E-state index in [1.807, 2.05) is 0 Å². The fourth-order valence-corrected chi connectivity index (χ4v) is 8.58. The van der Waals surface area contributed by atoms with E-state index in [1.165, 1.54) is 61.8 Å². The van der Waals surface area contributed by atoms with Gasteiger partial charge in [-0.05, 0) is 107 Å². The molecule has 0 heterocycles. The SMILES string of the molecule is CCCCCCc1ccc2ccc(S(=O)(=O)[O-])c(CCCCCC)c2c1.CCCCCCc1ccc2ccc(S(=O)(=O)[O-])c(CCCCCC)c2c1.[Ba+2]. The Labute approximate surface area is 361 Å². The molecule has 0 fully saturated rings. The number of rotatable bonds is 22. The van der Waals surface area contributed by atoms with E-state index in [4.69, 9.17) is 0 Å². The maximum Gasteiger partial charge on any atom is 2.00 e. The molecule has 4 rings (SSSR count). The first kappa shape index (κ1) is 47.9. The fraction of sp³-hybridized carbons (Fsp3) is 0.545. The predicted molar refractivity (Wildman–Crippen MR) is 221 cm³/mol. The second kappa shape index (κ2) is 25.1. The molecule has 4 aromatic rings. The van der Waals surface area contributed by atoms with Crippen LogP contribution in [0.1, 0.15) is 153 Å². The Hall–Kier alpha value is -1.21. The molecule has 0 aromatic heterocycles. The Bertz CT molecular complexity index is 1770. The van der Waals surface area contributed by atoms with Gasteiger partial charge >= 0.3 is 48.9 Å². The molecule has 0 spiro atoms. The minimum atomic E-state index is -4.45. The number of aryl methyl sites for hydroxylation is 4. The molecule has 0 N–H and O–H groups in total. The molecule has 6 nitrogen and oxygen atoms in total. The molecule has 0 atom stereocenters. The average molecular weight is 888 g/mol. The van der Waals surface area contributed by atoms with Gasteiger partial charge in [0.25, 0.3) is 0 Å². The fourth-order valence-electron chi connectivity index (χ4n) is 7.08. The number of hydrogen-bond donors (Lipinski definition) is 0. The van der Waals surface area contributed by atoms with Crippen molar-refractivity contribution in [2.75, 3.05) is 0 Å². The first-order valence-electron chi connectivity index (χ1n) is 19.9. The van der Waals surface area contributed by atoms with Gasteiger partial charge in [-0.2, -0.15) is 0 Å². The molecular formula is C44H62BaO6S2. The molecule has 0 unspecified atom stereocenters. The van der Waals surface area contributed by atoms with Crippen molar-refractivity contribution in [3.05, 3.63) is 82.9 Å². The monoisotopic (exact) mass is 888 g/mol. The molecular weight excluding hydrogens is 826 g/mol. The maximum absolute atomic E-state index is 11.8. The van der Waals surface area contributed by atoms with Gasteiger partial charge in [0.05, 0.1) is 9.79 Å². The van der Waals surface area contributed by atoms with E-state index in [1.54, 1.807) is 12.1 Å². The number of fused-ring (bicyclic) bond motifs is 2.